The molecule has 0 saturated heterocycles. The van der Waals surface area contributed by atoms with Crippen molar-refractivity contribution in [3.8, 4) is 0 Å². The van der Waals surface area contributed by atoms with Crippen LogP contribution in [0.2, 0.25) is 0 Å². The number of hydrogen-bond acceptors (Lipinski definition) is 2. The summed E-state index contributed by atoms with van der Waals surface area (Å²) in [5, 5.41) is 18.3. The summed E-state index contributed by atoms with van der Waals surface area (Å²) in [5.41, 5.74) is -0.505. The van der Waals surface area contributed by atoms with Crippen molar-refractivity contribution in [1.82, 2.24) is 4.57 Å². The number of carboxylic acids is 1. The second kappa shape index (κ2) is 3.84. The first kappa shape index (κ1) is 10.8. The van der Waals surface area contributed by atoms with Gasteiger partial charge < -0.3 is 14.8 Å². The highest BCUT2D eigenvalue weighted by Gasteiger charge is 2.14. The van der Waals surface area contributed by atoms with Gasteiger partial charge in [-0.3, -0.25) is 0 Å². The van der Waals surface area contributed by atoms with Crippen LogP contribution in [0.15, 0.2) is 18.3 Å². The van der Waals surface area contributed by atoms with Gasteiger partial charge in [-0.2, -0.15) is 0 Å². The van der Waals surface area contributed by atoms with Gasteiger partial charge in [0.05, 0.1) is 5.60 Å². The van der Waals surface area contributed by atoms with Crippen LogP contribution < -0.4 is 0 Å². The summed E-state index contributed by atoms with van der Waals surface area (Å²) < 4.78 is 1.63. The summed E-state index contributed by atoms with van der Waals surface area (Å²) in [5.74, 6) is -0.939. The lowest BCUT2D eigenvalue weighted by Crippen LogP contribution is -2.22. The normalized spacial score (nSPS) is 11.6. The molecule has 1 rings (SSSR count). The third kappa shape index (κ3) is 2.88. The Morgan fingerprint density at radius 3 is 2.71 bits per heavy atom. The van der Waals surface area contributed by atoms with Gasteiger partial charge in [-0.1, -0.05) is 0 Å². The van der Waals surface area contributed by atoms with Crippen LogP contribution in [0.4, 0.5) is 0 Å². The molecule has 2 N–H and O–H groups in total. The fourth-order valence-electron chi connectivity index (χ4n) is 1.20. The lowest BCUT2D eigenvalue weighted by molar-refractivity contribution is 0.0619. The molecule has 0 bridgehead atoms. The van der Waals surface area contributed by atoms with Crippen molar-refractivity contribution in [3.63, 3.8) is 0 Å². The molecule has 0 radical (unpaired) electrons. The van der Waals surface area contributed by atoms with E-state index < -0.39 is 11.6 Å². The number of carbonyl (C=O) groups is 1. The summed E-state index contributed by atoms with van der Waals surface area (Å²) in [6.45, 7) is 3.92. The molecule has 14 heavy (non-hydrogen) atoms. The Hall–Kier alpha value is -1.29. The molecule has 0 aromatic carbocycles. The number of aliphatic hydroxyl groups is 1. The molecule has 4 nitrogen and oxygen atoms in total. The average Bonchev–Trinajstić information content (AvgIpc) is 2.46. The lowest BCUT2D eigenvalue weighted by atomic mass is 10.1. The van der Waals surface area contributed by atoms with Gasteiger partial charge in [0, 0.05) is 12.7 Å². The molecule has 0 aliphatic carbocycles. The number of aromatic carboxylic acids is 1. The maximum Gasteiger partial charge on any atom is 0.352 e. The molecular formula is C10H15NO3. The fourth-order valence-corrected chi connectivity index (χ4v) is 1.20. The van der Waals surface area contributed by atoms with Gasteiger partial charge in [0.25, 0.3) is 0 Å². The van der Waals surface area contributed by atoms with E-state index in [0.717, 1.165) is 0 Å². The zero-order valence-electron chi connectivity index (χ0n) is 8.40. The maximum atomic E-state index is 10.7. The zero-order chi connectivity index (χ0) is 10.8. The Kier molecular flexibility index (Phi) is 2.96. The summed E-state index contributed by atoms with van der Waals surface area (Å²) in [7, 11) is 0. The van der Waals surface area contributed by atoms with Crippen molar-refractivity contribution < 1.29 is 15.0 Å². The first-order chi connectivity index (χ1) is 6.40. The van der Waals surface area contributed by atoms with Gasteiger partial charge in [0.1, 0.15) is 5.69 Å². The average molecular weight is 197 g/mol. The standard InChI is InChI=1S/C10H15NO3/c1-10(2,14)5-7-11-6-3-4-8(11)9(12)13/h3-4,6,14H,5,7H2,1-2H3,(H,12,13). The Morgan fingerprint density at radius 1 is 1.57 bits per heavy atom. The monoisotopic (exact) mass is 197 g/mol. The topological polar surface area (TPSA) is 62.5 Å². The number of aromatic nitrogens is 1. The van der Waals surface area contributed by atoms with E-state index in [1.54, 1.807) is 36.7 Å². The van der Waals surface area contributed by atoms with E-state index >= 15 is 0 Å². The third-order valence-electron chi connectivity index (χ3n) is 2.01. The van der Waals surface area contributed by atoms with Crippen molar-refractivity contribution in [2.24, 2.45) is 0 Å². The minimum atomic E-state index is -0.939. The van der Waals surface area contributed by atoms with E-state index in [4.69, 9.17) is 5.11 Å². The van der Waals surface area contributed by atoms with Crippen molar-refractivity contribution in [2.75, 3.05) is 0 Å². The second-order valence-corrected chi connectivity index (χ2v) is 3.95. The Balaban J connectivity index is 2.68. The molecule has 0 amide bonds. The third-order valence-corrected chi connectivity index (χ3v) is 2.01. The SMILES string of the molecule is CC(C)(O)CCn1cccc1C(=O)O. The van der Waals surface area contributed by atoms with Crippen molar-refractivity contribution in [1.29, 1.82) is 0 Å². The van der Waals surface area contributed by atoms with E-state index in [2.05, 4.69) is 0 Å². The summed E-state index contributed by atoms with van der Waals surface area (Å²) in [6.07, 6.45) is 2.23. The second-order valence-electron chi connectivity index (χ2n) is 3.95. The van der Waals surface area contributed by atoms with Crippen molar-refractivity contribution in [3.05, 3.63) is 24.0 Å². The molecule has 0 spiro atoms. The van der Waals surface area contributed by atoms with Crippen LogP contribution in [0.25, 0.3) is 0 Å². The highest BCUT2D eigenvalue weighted by Crippen LogP contribution is 2.11. The highest BCUT2D eigenvalue weighted by atomic mass is 16.4. The van der Waals surface area contributed by atoms with Crippen LogP contribution in [0.1, 0.15) is 30.8 Å². The molecule has 4 heteroatoms. The van der Waals surface area contributed by atoms with E-state index in [1.807, 2.05) is 0 Å². The molecule has 0 aliphatic heterocycles. The van der Waals surface area contributed by atoms with Gasteiger partial charge >= 0.3 is 5.97 Å². The smallest absolute Gasteiger partial charge is 0.352 e. The molecule has 0 saturated carbocycles. The molecule has 0 fully saturated rings. The van der Waals surface area contributed by atoms with Crippen molar-refractivity contribution in [2.45, 2.75) is 32.4 Å². The lowest BCUT2D eigenvalue weighted by Gasteiger charge is -2.17. The van der Waals surface area contributed by atoms with E-state index in [-0.39, 0.29) is 5.69 Å². The molecular weight excluding hydrogens is 182 g/mol. The Morgan fingerprint density at radius 2 is 2.21 bits per heavy atom. The fraction of sp³-hybridized carbons (Fsp3) is 0.500. The summed E-state index contributed by atoms with van der Waals surface area (Å²) in [4.78, 5) is 10.7. The van der Waals surface area contributed by atoms with Gasteiger partial charge in [-0.25, -0.2) is 4.79 Å². The summed E-state index contributed by atoms with van der Waals surface area (Å²) in [6, 6.07) is 3.24. The Bertz CT molecular complexity index is 322. The van der Waals surface area contributed by atoms with E-state index in [0.29, 0.717) is 13.0 Å². The van der Waals surface area contributed by atoms with Crippen LogP contribution in [-0.2, 0) is 6.54 Å². The van der Waals surface area contributed by atoms with Crippen LogP contribution in [0, 0.1) is 0 Å². The van der Waals surface area contributed by atoms with Crippen LogP contribution in [0.3, 0.4) is 0 Å². The number of aryl methyl sites for hydroxylation is 1. The van der Waals surface area contributed by atoms with E-state index in [9.17, 15) is 9.90 Å². The zero-order valence-corrected chi connectivity index (χ0v) is 8.40. The molecule has 1 heterocycles. The molecule has 78 valence electrons. The molecule has 1 aromatic heterocycles. The predicted molar refractivity (Wildman–Crippen MR) is 52.3 cm³/mol. The van der Waals surface area contributed by atoms with Crippen molar-refractivity contribution >= 4 is 5.97 Å². The van der Waals surface area contributed by atoms with Crippen LogP contribution >= 0.6 is 0 Å². The number of hydrogen-bond donors (Lipinski definition) is 2. The number of rotatable bonds is 4. The largest absolute Gasteiger partial charge is 0.477 e. The predicted octanol–water partition coefficient (Wildman–Crippen LogP) is 1.35. The first-order valence-corrected chi connectivity index (χ1v) is 4.51. The minimum absolute atomic E-state index is 0.259. The molecule has 1 aromatic rings. The van der Waals surface area contributed by atoms with Crippen LogP contribution in [0.5, 0.6) is 0 Å². The van der Waals surface area contributed by atoms with Gasteiger partial charge in [-0.15, -0.1) is 0 Å². The van der Waals surface area contributed by atoms with Gasteiger partial charge in [0.15, 0.2) is 0 Å². The minimum Gasteiger partial charge on any atom is -0.477 e. The van der Waals surface area contributed by atoms with E-state index in [1.165, 1.54) is 0 Å². The molecule has 0 aliphatic rings. The molecule has 0 atom stereocenters. The van der Waals surface area contributed by atoms with Gasteiger partial charge in [0.2, 0.25) is 0 Å². The number of carboxylic acid groups (broad SMARTS) is 1. The molecule has 0 unspecified atom stereocenters. The van der Waals surface area contributed by atoms with Crippen LogP contribution in [-0.4, -0.2) is 26.4 Å². The highest BCUT2D eigenvalue weighted by molar-refractivity contribution is 5.85. The first-order valence-electron chi connectivity index (χ1n) is 4.51. The Labute approximate surface area is 82.8 Å². The van der Waals surface area contributed by atoms with Gasteiger partial charge in [-0.05, 0) is 32.4 Å². The summed E-state index contributed by atoms with van der Waals surface area (Å²) >= 11 is 0. The number of nitrogens with zero attached hydrogens (tertiary/aromatic N) is 1. The maximum absolute atomic E-state index is 10.7. The quantitative estimate of drug-likeness (QED) is 0.765.